The lowest BCUT2D eigenvalue weighted by molar-refractivity contribution is -0.135. The summed E-state index contributed by atoms with van der Waals surface area (Å²) in [6, 6.07) is 4.72. The normalized spacial score (nSPS) is 24.5. The maximum Gasteiger partial charge on any atom is 0.329 e. The number of morpholine rings is 1. The molecule has 5 aromatic rings. The van der Waals surface area contributed by atoms with Crippen molar-refractivity contribution in [1.82, 2.24) is 43.7 Å². The Morgan fingerprint density at radius 1 is 1.06 bits per heavy atom. The van der Waals surface area contributed by atoms with Gasteiger partial charge in [-0.15, -0.1) is 0 Å². The average molecular weight is 879 g/mol. The predicted molar refractivity (Wildman–Crippen MR) is 224 cm³/mol. The highest BCUT2D eigenvalue weighted by Crippen LogP contribution is 2.39. The monoisotopic (exact) mass is 878 g/mol. The fraction of sp³-hybridized carbons (Fsp3) is 0.548. The number of carbonyl (C=O) groups is 3. The molecular weight excluding hydrogens is 829 g/mol. The minimum Gasteiger partial charge on any atom is -0.375 e. The Morgan fingerprint density at radius 2 is 1.86 bits per heavy atom. The van der Waals surface area contributed by atoms with Crippen LogP contribution >= 0.6 is 0 Å². The van der Waals surface area contributed by atoms with Crippen molar-refractivity contribution in [2.75, 3.05) is 61.5 Å². The minimum absolute atomic E-state index is 0.0135. The van der Waals surface area contributed by atoms with Crippen molar-refractivity contribution in [2.45, 2.75) is 88.4 Å². The number of aryl methyl sites for hydroxylation is 1. The first-order valence-corrected chi connectivity index (χ1v) is 21.4. The van der Waals surface area contributed by atoms with Gasteiger partial charge in [0, 0.05) is 52.0 Å². The Hall–Kier alpha value is -5.83. The number of imide groups is 1. The summed E-state index contributed by atoms with van der Waals surface area (Å²) in [6.45, 7) is 3.93. The van der Waals surface area contributed by atoms with Gasteiger partial charge >= 0.3 is 5.69 Å². The van der Waals surface area contributed by atoms with Crippen LogP contribution in [0.4, 0.5) is 34.8 Å². The van der Waals surface area contributed by atoms with E-state index in [0.29, 0.717) is 81.0 Å². The van der Waals surface area contributed by atoms with E-state index in [1.165, 1.54) is 30.7 Å². The number of rotatable bonds is 10. The number of para-hydroxylation sites is 1. The highest BCUT2D eigenvalue weighted by atomic mass is 19.3. The van der Waals surface area contributed by atoms with Crippen molar-refractivity contribution >= 4 is 51.6 Å². The molecule has 0 bridgehead atoms. The zero-order chi connectivity index (χ0) is 44.3. The van der Waals surface area contributed by atoms with Gasteiger partial charge in [0.15, 0.2) is 11.3 Å². The maximum atomic E-state index is 16.2. The van der Waals surface area contributed by atoms with E-state index in [9.17, 15) is 28.0 Å². The van der Waals surface area contributed by atoms with E-state index < -0.39 is 60.1 Å². The number of halogens is 4. The summed E-state index contributed by atoms with van der Waals surface area (Å²) >= 11 is 0. The number of fused-ring (bicyclic) bond motifs is 2. The average Bonchev–Trinajstić information content (AvgIpc) is 3.95. The summed E-state index contributed by atoms with van der Waals surface area (Å²) < 4.78 is 72.3. The molecule has 336 valence electrons. The number of anilines is 3. The number of aromatic nitrogens is 7. The van der Waals surface area contributed by atoms with Gasteiger partial charge in [-0.1, -0.05) is 6.07 Å². The molecule has 17 nitrogen and oxygen atoms in total. The number of alkyl halides is 4. The summed E-state index contributed by atoms with van der Waals surface area (Å²) in [7, 11) is 3.26. The molecule has 3 saturated heterocycles. The standard InChI is InChI=1S/C42H50F4N12O5/c1-24-20-54(17-18-63-24)33-14-16-56-38(49-33)27(19-47-56)39(60)48-28-22-57(51-35(28)37(43)44)26-9-7-25(8-10-26)21-52(2)32-13-15-55(23-42(32,45)46)29-5-4-6-30-36(29)53(3)41(62)58(30)31-11-12-34(59)50-40(31)61/h4-6,14,16,19,22,24-26,31-32,37H,7-13,15,17-18,20-21,23H2,1-3H3,(H,48,60)(H,50,59,61)/t24-,25?,26?,31?,32?/m0/s1. The van der Waals surface area contributed by atoms with Crippen LogP contribution in [0.2, 0.25) is 0 Å². The van der Waals surface area contributed by atoms with Crippen LogP contribution in [0.3, 0.4) is 0 Å². The topological polar surface area (TPSA) is 169 Å². The molecule has 63 heavy (non-hydrogen) atoms. The Kier molecular flexibility index (Phi) is 11.3. The molecule has 0 radical (unpaired) electrons. The smallest absolute Gasteiger partial charge is 0.329 e. The first-order valence-electron chi connectivity index (χ1n) is 21.4. The predicted octanol–water partition coefficient (Wildman–Crippen LogP) is 4.55. The number of nitrogens with zero attached hydrogens (tertiary/aromatic N) is 10. The van der Waals surface area contributed by atoms with Gasteiger partial charge < -0.3 is 19.9 Å². The first-order chi connectivity index (χ1) is 30.2. The molecule has 1 aliphatic carbocycles. The molecular formula is C42H50F4N12O5. The van der Waals surface area contributed by atoms with Crippen LogP contribution in [-0.4, -0.2) is 121 Å². The molecule has 4 aliphatic rings. The van der Waals surface area contributed by atoms with Crippen LogP contribution in [0.25, 0.3) is 16.7 Å². The molecule has 21 heteroatoms. The minimum atomic E-state index is -3.11. The van der Waals surface area contributed by atoms with E-state index in [2.05, 4.69) is 30.7 Å². The van der Waals surface area contributed by atoms with Crippen LogP contribution in [-0.2, 0) is 21.4 Å². The summed E-state index contributed by atoms with van der Waals surface area (Å²) in [5, 5.41) is 13.4. The number of nitrogens with one attached hydrogen (secondary N) is 2. The van der Waals surface area contributed by atoms with Crippen LogP contribution < -0.4 is 26.1 Å². The third-order valence-electron chi connectivity index (χ3n) is 13.2. The van der Waals surface area contributed by atoms with Crippen LogP contribution in [0.15, 0.2) is 47.7 Å². The number of amides is 3. The summed E-state index contributed by atoms with van der Waals surface area (Å²) in [5.74, 6) is -3.99. The van der Waals surface area contributed by atoms with E-state index in [-0.39, 0.29) is 54.2 Å². The maximum absolute atomic E-state index is 16.2. The van der Waals surface area contributed by atoms with E-state index in [1.807, 2.05) is 6.92 Å². The Balaban J connectivity index is 0.827. The zero-order valence-corrected chi connectivity index (χ0v) is 35.2. The lowest BCUT2D eigenvalue weighted by Crippen LogP contribution is -2.58. The van der Waals surface area contributed by atoms with Crippen LogP contribution in [0, 0.1) is 5.92 Å². The van der Waals surface area contributed by atoms with Gasteiger partial charge in [-0.2, -0.15) is 10.2 Å². The van der Waals surface area contributed by atoms with Gasteiger partial charge in [0.25, 0.3) is 18.3 Å². The van der Waals surface area contributed by atoms with Crippen molar-refractivity contribution in [3.05, 3.63) is 64.6 Å². The second-order valence-electron chi connectivity index (χ2n) is 17.3. The Labute approximate surface area is 358 Å². The molecule has 9 rings (SSSR count). The number of imidazole rings is 1. The lowest BCUT2D eigenvalue weighted by atomic mass is 9.85. The number of piperidine rings is 2. The number of benzene rings is 1. The summed E-state index contributed by atoms with van der Waals surface area (Å²) in [4.78, 5) is 61.5. The molecule has 0 spiro atoms. The van der Waals surface area contributed by atoms with E-state index in [4.69, 9.17) is 4.74 Å². The SMILES string of the molecule is C[C@H]1CN(c2ccn3ncc(C(=O)Nc4cn(C5CCC(CN(C)C6CCN(c7cccc8c7n(C)c(=O)n8C7CCC(=O)NC7=O)CC6(F)F)CC5)nc4C(F)F)c3n2)CCO1. The molecule has 1 saturated carbocycles. The highest BCUT2D eigenvalue weighted by Gasteiger charge is 2.47. The highest BCUT2D eigenvalue weighted by molar-refractivity contribution is 6.08. The van der Waals surface area contributed by atoms with E-state index in [1.54, 1.807) is 54.4 Å². The van der Waals surface area contributed by atoms with Gasteiger partial charge in [-0.25, -0.2) is 31.9 Å². The quantitative estimate of drug-likeness (QED) is 0.149. The largest absolute Gasteiger partial charge is 0.375 e. The number of hydrogen-bond acceptors (Lipinski definition) is 11. The van der Waals surface area contributed by atoms with Crippen molar-refractivity contribution in [3.8, 4) is 0 Å². The van der Waals surface area contributed by atoms with Crippen molar-refractivity contribution in [2.24, 2.45) is 13.0 Å². The third kappa shape index (κ3) is 8.04. The second kappa shape index (κ2) is 16.7. The molecule has 4 fully saturated rings. The number of hydrogen-bond donors (Lipinski definition) is 2. The fourth-order valence-corrected chi connectivity index (χ4v) is 9.97. The van der Waals surface area contributed by atoms with Crippen LogP contribution in [0.5, 0.6) is 0 Å². The second-order valence-corrected chi connectivity index (χ2v) is 17.3. The molecule has 7 heterocycles. The van der Waals surface area contributed by atoms with Crippen LogP contribution in [0.1, 0.15) is 86.4 Å². The molecule has 4 aromatic heterocycles. The first kappa shape index (κ1) is 42.5. The lowest BCUT2D eigenvalue weighted by Gasteiger charge is -2.44. The zero-order valence-electron chi connectivity index (χ0n) is 35.2. The summed E-state index contributed by atoms with van der Waals surface area (Å²) in [5.41, 5.74) is 0.630. The third-order valence-corrected chi connectivity index (χ3v) is 13.2. The van der Waals surface area contributed by atoms with Gasteiger partial charge in [-0.3, -0.25) is 38.4 Å². The van der Waals surface area contributed by atoms with Crippen molar-refractivity contribution < 1.29 is 36.7 Å². The summed E-state index contributed by atoms with van der Waals surface area (Å²) in [6.07, 6.45) is 4.48. The number of ether oxygens (including phenoxy) is 1. The molecule has 3 atom stereocenters. The van der Waals surface area contributed by atoms with Gasteiger partial charge in [0.2, 0.25) is 11.8 Å². The number of carbonyl (C=O) groups excluding carboxylic acids is 3. The Morgan fingerprint density at radius 3 is 2.59 bits per heavy atom. The van der Waals surface area contributed by atoms with Crippen molar-refractivity contribution in [3.63, 3.8) is 0 Å². The molecule has 3 amide bonds. The molecule has 2 unspecified atom stereocenters. The van der Waals surface area contributed by atoms with E-state index in [0.717, 1.165) is 0 Å². The molecule has 2 N–H and O–H groups in total. The van der Waals surface area contributed by atoms with Crippen molar-refractivity contribution in [1.29, 1.82) is 0 Å². The molecule has 1 aromatic carbocycles. The molecule has 3 aliphatic heterocycles. The fourth-order valence-electron chi connectivity index (χ4n) is 9.97. The van der Waals surface area contributed by atoms with Gasteiger partial charge in [0.05, 0.1) is 59.9 Å². The van der Waals surface area contributed by atoms with Gasteiger partial charge in [-0.05, 0) is 76.6 Å². The van der Waals surface area contributed by atoms with E-state index >= 15 is 8.78 Å². The Bertz CT molecular complexity index is 2620. The van der Waals surface area contributed by atoms with Gasteiger partial charge in [0.1, 0.15) is 17.4 Å².